The van der Waals surface area contributed by atoms with Crippen molar-refractivity contribution < 1.29 is 42.9 Å². The molecular weight excluding hydrogens is 779 g/mol. The number of likely N-dealkylation sites (N-methyl/N-ethyl adjacent to an activating group) is 1. The minimum atomic E-state index is -1.51. The van der Waals surface area contributed by atoms with Crippen molar-refractivity contribution in [1.29, 1.82) is 0 Å². The maximum absolute atomic E-state index is 12.8. The Morgan fingerprint density at radius 3 is 1.23 bits per heavy atom. The van der Waals surface area contributed by atoms with Crippen LogP contribution in [0.3, 0.4) is 0 Å². The predicted octanol–water partition coefficient (Wildman–Crippen LogP) is 14.4. The summed E-state index contributed by atoms with van der Waals surface area (Å²) in [5.41, 5.74) is 0. The molecule has 364 valence electrons. The normalized spacial score (nSPS) is 13.0. The first-order valence-corrected chi connectivity index (χ1v) is 26.0. The van der Waals surface area contributed by atoms with Crippen LogP contribution in [0.5, 0.6) is 0 Å². The van der Waals surface area contributed by atoms with Crippen molar-refractivity contribution >= 4 is 17.9 Å². The van der Waals surface area contributed by atoms with E-state index in [0.717, 1.165) is 57.8 Å². The molecule has 9 heteroatoms. The fourth-order valence-corrected chi connectivity index (χ4v) is 7.36. The van der Waals surface area contributed by atoms with Gasteiger partial charge >= 0.3 is 17.9 Å². The standard InChI is InChI=1S/C53H99NO8/c1-6-8-10-12-14-16-18-20-21-22-23-24-25-26-27-28-29-30-31-32-34-36-38-40-42-44-51(56)62-49(48-61-53(52(57)58)59-46-45-54(3,4)5)47-60-50(55)43-41-39-37-35-33-19-17-15-13-11-9-7-2/h15,17,22-23,49,53H,6-14,16,18-21,24-48H2,1-5H3/p+1/b17-15-,23-22-. The molecule has 0 radical (unpaired) electrons. The zero-order valence-corrected chi connectivity index (χ0v) is 41.3. The van der Waals surface area contributed by atoms with Gasteiger partial charge in [0.05, 0.1) is 34.4 Å². The smallest absolute Gasteiger partial charge is 0.361 e. The van der Waals surface area contributed by atoms with Crippen molar-refractivity contribution in [3.05, 3.63) is 24.3 Å². The Kier molecular flexibility index (Phi) is 43.7. The molecule has 0 aliphatic heterocycles. The summed E-state index contributed by atoms with van der Waals surface area (Å²) in [4.78, 5) is 37.2. The van der Waals surface area contributed by atoms with Crippen LogP contribution in [0.1, 0.15) is 239 Å². The highest BCUT2D eigenvalue weighted by Gasteiger charge is 2.25. The minimum Gasteiger partial charge on any atom is -0.477 e. The number of ether oxygens (including phenoxy) is 4. The van der Waals surface area contributed by atoms with Gasteiger partial charge in [0.2, 0.25) is 0 Å². The van der Waals surface area contributed by atoms with Crippen LogP contribution in [0, 0.1) is 0 Å². The van der Waals surface area contributed by atoms with Gasteiger partial charge in [-0.3, -0.25) is 9.59 Å². The van der Waals surface area contributed by atoms with Gasteiger partial charge in [-0.05, 0) is 64.2 Å². The number of unbranched alkanes of at least 4 members (excludes halogenated alkanes) is 29. The molecule has 2 atom stereocenters. The topological polar surface area (TPSA) is 108 Å². The maximum atomic E-state index is 12.8. The summed E-state index contributed by atoms with van der Waals surface area (Å²) in [6.45, 7) is 4.86. The summed E-state index contributed by atoms with van der Waals surface area (Å²) in [5.74, 6) is -2.01. The lowest BCUT2D eigenvalue weighted by molar-refractivity contribution is -0.870. The Bertz CT molecular complexity index is 1070. The Hall–Kier alpha value is -2.23. The number of nitrogens with zero attached hydrogens (tertiary/aromatic N) is 1. The average Bonchev–Trinajstić information content (AvgIpc) is 3.23. The van der Waals surface area contributed by atoms with Crippen molar-refractivity contribution in [2.75, 3.05) is 47.5 Å². The molecule has 0 fully saturated rings. The highest BCUT2D eigenvalue weighted by molar-refractivity contribution is 5.71. The van der Waals surface area contributed by atoms with E-state index in [1.54, 1.807) is 0 Å². The van der Waals surface area contributed by atoms with Crippen LogP contribution in [0.2, 0.25) is 0 Å². The van der Waals surface area contributed by atoms with Gasteiger partial charge in [0.1, 0.15) is 13.2 Å². The second-order valence-electron chi connectivity index (χ2n) is 18.8. The molecule has 0 saturated carbocycles. The van der Waals surface area contributed by atoms with Crippen molar-refractivity contribution in [3.63, 3.8) is 0 Å². The van der Waals surface area contributed by atoms with E-state index in [0.29, 0.717) is 17.4 Å². The molecule has 0 aromatic carbocycles. The number of esters is 2. The van der Waals surface area contributed by atoms with E-state index in [9.17, 15) is 19.5 Å². The molecule has 0 heterocycles. The molecule has 2 unspecified atom stereocenters. The van der Waals surface area contributed by atoms with E-state index in [2.05, 4.69) is 38.2 Å². The van der Waals surface area contributed by atoms with Gasteiger partial charge in [-0.1, -0.05) is 186 Å². The lowest BCUT2D eigenvalue weighted by Gasteiger charge is -2.25. The molecular formula is C53H100NO8+. The van der Waals surface area contributed by atoms with Crippen molar-refractivity contribution in [2.45, 2.75) is 251 Å². The number of hydrogen-bond acceptors (Lipinski definition) is 7. The highest BCUT2D eigenvalue weighted by Crippen LogP contribution is 2.16. The van der Waals surface area contributed by atoms with Crippen LogP contribution in [-0.2, 0) is 33.3 Å². The maximum Gasteiger partial charge on any atom is 0.361 e. The van der Waals surface area contributed by atoms with Crippen LogP contribution in [0.4, 0.5) is 0 Å². The molecule has 9 nitrogen and oxygen atoms in total. The Labute approximate surface area is 382 Å². The average molecular weight is 879 g/mol. The first-order chi connectivity index (χ1) is 30.1. The van der Waals surface area contributed by atoms with E-state index >= 15 is 0 Å². The van der Waals surface area contributed by atoms with E-state index in [-0.39, 0.29) is 32.2 Å². The first kappa shape index (κ1) is 59.8. The zero-order valence-electron chi connectivity index (χ0n) is 41.3. The minimum absolute atomic E-state index is 0.183. The van der Waals surface area contributed by atoms with Gasteiger partial charge in [0.15, 0.2) is 6.10 Å². The molecule has 62 heavy (non-hydrogen) atoms. The molecule has 0 spiro atoms. The Morgan fingerprint density at radius 2 is 0.823 bits per heavy atom. The third kappa shape index (κ3) is 45.8. The number of quaternary nitrogens is 1. The number of carboxylic acid groups (broad SMARTS) is 1. The van der Waals surface area contributed by atoms with Crippen LogP contribution < -0.4 is 0 Å². The van der Waals surface area contributed by atoms with E-state index in [1.807, 2.05) is 21.1 Å². The lowest BCUT2D eigenvalue weighted by Crippen LogP contribution is -2.40. The summed E-state index contributed by atoms with van der Waals surface area (Å²) in [6, 6.07) is 0. The number of aliphatic carboxylic acids is 1. The summed E-state index contributed by atoms with van der Waals surface area (Å²) in [5, 5.41) is 9.66. The predicted molar refractivity (Wildman–Crippen MR) is 258 cm³/mol. The van der Waals surface area contributed by atoms with Crippen LogP contribution in [0.25, 0.3) is 0 Å². The first-order valence-electron chi connectivity index (χ1n) is 26.0. The van der Waals surface area contributed by atoms with E-state index < -0.39 is 24.3 Å². The zero-order chi connectivity index (χ0) is 45.6. The molecule has 0 aliphatic rings. The summed E-state index contributed by atoms with van der Waals surface area (Å²) in [7, 11) is 5.96. The van der Waals surface area contributed by atoms with Crippen molar-refractivity contribution in [1.82, 2.24) is 0 Å². The van der Waals surface area contributed by atoms with Crippen LogP contribution in [-0.4, -0.2) is 87.4 Å². The summed E-state index contributed by atoms with van der Waals surface area (Å²) >= 11 is 0. The number of carboxylic acids is 1. The second-order valence-corrected chi connectivity index (χ2v) is 18.8. The monoisotopic (exact) mass is 879 g/mol. The number of rotatable bonds is 48. The molecule has 0 aromatic rings. The number of carbonyl (C=O) groups excluding carboxylic acids is 2. The molecule has 0 rings (SSSR count). The van der Waals surface area contributed by atoms with Gasteiger partial charge in [0.25, 0.3) is 6.29 Å². The van der Waals surface area contributed by atoms with Gasteiger partial charge in [-0.15, -0.1) is 0 Å². The molecule has 0 saturated heterocycles. The van der Waals surface area contributed by atoms with E-state index in [4.69, 9.17) is 18.9 Å². The van der Waals surface area contributed by atoms with Gasteiger partial charge in [-0.25, -0.2) is 4.79 Å². The SMILES string of the molecule is CCCCC/C=C\CCCCCCCC(=O)OCC(COC(OCC[N+](C)(C)C)C(=O)O)OC(=O)CCCCCCCCCCCCCCC/C=C\CCCCCCCCCC. The summed E-state index contributed by atoms with van der Waals surface area (Å²) < 4.78 is 22.8. The third-order valence-corrected chi connectivity index (χ3v) is 11.4. The molecule has 0 amide bonds. The molecule has 1 N–H and O–H groups in total. The third-order valence-electron chi connectivity index (χ3n) is 11.4. The van der Waals surface area contributed by atoms with Gasteiger partial charge in [0, 0.05) is 12.8 Å². The lowest BCUT2D eigenvalue weighted by atomic mass is 10.0. The number of allylic oxidation sites excluding steroid dienone is 4. The summed E-state index contributed by atoms with van der Waals surface area (Å²) in [6.07, 6.45) is 48.2. The van der Waals surface area contributed by atoms with Crippen molar-refractivity contribution in [2.24, 2.45) is 0 Å². The Balaban J connectivity index is 4.22. The number of hydrogen-bond donors (Lipinski definition) is 1. The van der Waals surface area contributed by atoms with Crippen LogP contribution >= 0.6 is 0 Å². The fraction of sp³-hybridized carbons (Fsp3) is 0.868. The van der Waals surface area contributed by atoms with Gasteiger partial charge < -0.3 is 28.5 Å². The number of carbonyl (C=O) groups is 3. The largest absolute Gasteiger partial charge is 0.477 e. The molecule has 0 bridgehead atoms. The fourth-order valence-electron chi connectivity index (χ4n) is 7.36. The van der Waals surface area contributed by atoms with Crippen LogP contribution in [0.15, 0.2) is 24.3 Å². The van der Waals surface area contributed by atoms with E-state index in [1.165, 1.54) is 154 Å². The molecule has 0 aliphatic carbocycles. The Morgan fingerprint density at radius 1 is 0.468 bits per heavy atom. The van der Waals surface area contributed by atoms with Crippen molar-refractivity contribution in [3.8, 4) is 0 Å². The molecule has 0 aromatic heterocycles. The highest BCUT2D eigenvalue weighted by atomic mass is 16.7. The quantitative estimate of drug-likeness (QED) is 0.0212. The second kappa shape index (κ2) is 45.3. The van der Waals surface area contributed by atoms with Gasteiger partial charge in [-0.2, -0.15) is 0 Å².